The van der Waals surface area contributed by atoms with Crippen LogP contribution in [0.5, 0.6) is 0 Å². The van der Waals surface area contributed by atoms with E-state index in [2.05, 4.69) is 0 Å². The van der Waals surface area contributed by atoms with Crippen LogP contribution in [-0.4, -0.2) is 40.3 Å². The molecule has 0 saturated heterocycles. The van der Waals surface area contributed by atoms with Crippen molar-refractivity contribution in [3.05, 3.63) is 0 Å². The molecule has 9 heteroatoms. The maximum absolute atomic E-state index is 10.4. The molecule has 0 aliphatic carbocycles. The van der Waals surface area contributed by atoms with Crippen molar-refractivity contribution >= 4 is 9.05 Å². The average molecular weight is 462 g/mol. The van der Waals surface area contributed by atoms with Crippen LogP contribution in [0, 0.1) is 5.92 Å². The summed E-state index contributed by atoms with van der Waals surface area (Å²) in [6.07, 6.45) is 1.56. The van der Waals surface area contributed by atoms with Crippen molar-refractivity contribution in [2.45, 2.75) is 93.0 Å². The second-order valence-corrected chi connectivity index (χ2v) is 13.7. The minimum absolute atomic E-state index is 0.150. The van der Waals surface area contributed by atoms with Gasteiger partial charge in [-0.05, 0) is 0 Å². The molecule has 0 radical (unpaired) electrons. The van der Waals surface area contributed by atoms with Crippen molar-refractivity contribution in [2.24, 2.45) is 5.92 Å². The molecule has 3 unspecified atom stereocenters. The Kier molecular flexibility index (Phi) is 12.7. The molecule has 2 N–H and O–H groups in total. The van der Waals surface area contributed by atoms with E-state index < -0.39 is 31.1 Å². The summed E-state index contributed by atoms with van der Waals surface area (Å²) in [6.45, 7) is 15.6. The van der Waals surface area contributed by atoms with Crippen LogP contribution < -0.4 is 0 Å². The molecule has 0 aromatic carbocycles. The summed E-state index contributed by atoms with van der Waals surface area (Å²) in [5, 5.41) is 0. The Labute approximate surface area is 161 Å². The van der Waals surface area contributed by atoms with E-state index in [0.29, 0.717) is 0 Å². The van der Waals surface area contributed by atoms with Crippen LogP contribution in [0.15, 0.2) is 0 Å². The second kappa shape index (κ2) is 12.3. The molecule has 7 nitrogen and oxygen atoms in total. The van der Waals surface area contributed by atoms with Gasteiger partial charge < -0.3 is 0 Å². The first kappa shape index (κ1) is 25.8. The third-order valence-corrected chi connectivity index (χ3v) is 11.4. The summed E-state index contributed by atoms with van der Waals surface area (Å²) < 4.78 is 49.7. The molecule has 3 atom stereocenters. The molecule has 0 saturated carbocycles. The molecular formula is C16H38O7SiZr. The van der Waals surface area contributed by atoms with Crippen molar-refractivity contribution < 1.29 is 47.0 Å². The van der Waals surface area contributed by atoms with E-state index in [1.54, 1.807) is 0 Å². The van der Waals surface area contributed by atoms with Crippen molar-refractivity contribution in [3.8, 4) is 0 Å². The second-order valence-electron chi connectivity index (χ2n) is 6.87. The fourth-order valence-electron chi connectivity index (χ4n) is 1.61. The van der Waals surface area contributed by atoms with Crippen LogP contribution in [0.4, 0.5) is 0 Å². The van der Waals surface area contributed by atoms with Gasteiger partial charge in [0, 0.05) is 0 Å². The van der Waals surface area contributed by atoms with Gasteiger partial charge in [0.05, 0.1) is 0 Å². The standard InChI is InChI=1S/C12H27O4Si.C4H9O.2H2O.Zr/c1-7-10(4)14-17(13,15-11(5)8-2)16-12(6)9-3;1-4(2)3-5;;;/h10-12H,7-9H2,1-6H3;4H,3H2,1-2H3;2*1H2;/q2*-1;;;+4/p-2. The van der Waals surface area contributed by atoms with Crippen molar-refractivity contribution in [3.63, 3.8) is 0 Å². The maximum atomic E-state index is 10.4. The molecule has 0 aromatic heterocycles. The van der Waals surface area contributed by atoms with Crippen LogP contribution in [0.1, 0.15) is 74.7 Å². The van der Waals surface area contributed by atoms with Gasteiger partial charge in [0.2, 0.25) is 0 Å². The summed E-state index contributed by atoms with van der Waals surface area (Å²) in [7, 11) is -3.79. The number of hydrogen-bond donors (Lipinski definition) is 2. The van der Waals surface area contributed by atoms with Crippen molar-refractivity contribution in [1.82, 2.24) is 0 Å². The summed E-state index contributed by atoms with van der Waals surface area (Å²) in [5.41, 5.74) is 0. The Balaban J connectivity index is 5.52. The Hall–Kier alpha value is 0.820. The third kappa shape index (κ3) is 11.3. The summed E-state index contributed by atoms with van der Waals surface area (Å²) in [4.78, 5) is 0. The van der Waals surface area contributed by atoms with E-state index in [1.165, 1.54) is 0 Å². The quantitative estimate of drug-likeness (QED) is 0.384. The fraction of sp³-hybridized carbons (Fsp3) is 1.00. The van der Waals surface area contributed by atoms with E-state index in [1.807, 2.05) is 55.4 Å². The van der Waals surface area contributed by atoms with Gasteiger partial charge in [-0.15, -0.1) is 0 Å². The Morgan fingerprint density at radius 3 is 1.40 bits per heavy atom. The third-order valence-electron chi connectivity index (χ3n) is 3.62. The van der Waals surface area contributed by atoms with Crippen molar-refractivity contribution in [2.75, 3.05) is 6.61 Å². The summed E-state index contributed by atoms with van der Waals surface area (Å²) in [6, 6.07) is 0. The molecule has 0 heterocycles. The normalized spacial score (nSPS) is 18.8. The predicted molar refractivity (Wildman–Crippen MR) is 94.6 cm³/mol. The molecule has 0 spiro atoms. The van der Waals surface area contributed by atoms with Crippen LogP contribution in [-0.2, 0) is 40.6 Å². The molecular weight excluding hydrogens is 423 g/mol. The van der Waals surface area contributed by atoms with Crippen molar-refractivity contribution in [1.29, 1.82) is 0 Å². The molecule has 0 bridgehead atoms. The summed E-state index contributed by atoms with van der Waals surface area (Å²) in [5.74, 6) is 0.150. The molecule has 0 fully saturated rings. The van der Waals surface area contributed by atoms with E-state index >= 15 is 0 Å². The van der Waals surface area contributed by atoms with Crippen LogP contribution in [0.2, 0.25) is 0 Å². The van der Waals surface area contributed by atoms with Crippen LogP contribution >= 0.6 is 0 Å². The van der Waals surface area contributed by atoms with Gasteiger partial charge >= 0.3 is 162 Å². The van der Waals surface area contributed by atoms with Gasteiger partial charge in [0.25, 0.3) is 0 Å². The topological polar surface area (TPSA) is 86.6 Å². The molecule has 0 amide bonds. The van der Waals surface area contributed by atoms with Crippen LogP contribution in [0.3, 0.4) is 0 Å². The first-order chi connectivity index (χ1) is 11.5. The number of rotatable bonds is 14. The van der Waals surface area contributed by atoms with Gasteiger partial charge in [-0.1, -0.05) is 0 Å². The van der Waals surface area contributed by atoms with E-state index in [9.17, 15) is 6.37 Å². The average Bonchev–Trinajstić information content (AvgIpc) is 2.51. The SMILES string of the molecule is CCC(C)O[Si](OC(C)CC)(OC(C)CC)[O][Zr]([OH])([OH])[O]CC(C)C. The first-order valence-corrected chi connectivity index (χ1v) is 15.1. The first-order valence-electron chi connectivity index (χ1n) is 9.31. The molecule has 0 aliphatic heterocycles. The van der Waals surface area contributed by atoms with E-state index in [0.717, 1.165) is 19.3 Å². The molecule has 152 valence electrons. The zero-order chi connectivity index (χ0) is 19.7. The van der Waals surface area contributed by atoms with Gasteiger partial charge in [0.15, 0.2) is 0 Å². The van der Waals surface area contributed by atoms with Gasteiger partial charge in [-0.2, -0.15) is 0 Å². The Morgan fingerprint density at radius 2 is 1.12 bits per heavy atom. The summed E-state index contributed by atoms with van der Waals surface area (Å²) >= 11 is -5.28. The van der Waals surface area contributed by atoms with E-state index in [-0.39, 0.29) is 30.8 Å². The van der Waals surface area contributed by atoms with Gasteiger partial charge in [-0.25, -0.2) is 0 Å². The van der Waals surface area contributed by atoms with Gasteiger partial charge in [-0.3, -0.25) is 0 Å². The van der Waals surface area contributed by atoms with E-state index in [4.69, 9.17) is 18.6 Å². The zero-order valence-electron chi connectivity index (χ0n) is 17.1. The fourth-order valence-corrected chi connectivity index (χ4v) is 9.54. The predicted octanol–water partition coefficient (Wildman–Crippen LogP) is 3.36. The number of hydrogen-bond acceptors (Lipinski definition) is 7. The Bertz CT molecular complexity index is 326. The monoisotopic (exact) mass is 460 g/mol. The molecule has 0 rings (SSSR count). The molecule has 0 aromatic rings. The zero-order valence-corrected chi connectivity index (χ0v) is 20.5. The van der Waals surface area contributed by atoms with Gasteiger partial charge in [0.1, 0.15) is 0 Å². The Morgan fingerprint density at radius 1 is 0.760 bits per heavy atom. The minimum atomic E-state index is -5.28. The molecule has 25 heavy (non-hydrogen) atoms. The molecule has 0 aliphatic rings. The van der Waals surface area contributed by atoms with Crippen LogP contribution in [0.25, 0.3) is 0 Å².